The highest BCUT2D eigenvalue weighted by atomic mass is 16.1. The van der Waals surface area contributed by atoms with Crippen LogP contribution in [0.3, 0.4) is 0 Å². The van der Waals surface area contributed by atoms with E-state index in [1.54, 1.807) is 30.6 Å². The van der Waals surface area contributed by atoms with Gasteiger partial charge in [-0.1, -0.05) is 13.0 Å². The van der Waals surface area contributed by atoms with Gasteiger partial charge in [0.05, 0.1) is 0 Å². The number of nitrogens with zero attached hydrogens (tertiary/aromatic N) is 1. The van der Waals surface area contributed by atoms with E-state index in [-0.39, 0.29) is 5.78 Å². The predicted octanol–water partition coefficient (Wildman–Crippen LogP) is 2.17. The minimum absolute atomic E-state index is 0.0774. The number of allylic oxidation sites excluding steroid dienone is 1. The lowest BCUT2D eigenvalue weighted by Gasteiger charge is -2.06. The fourth-order valence-corrected chi connectivity index (χ4v) is 1.000. The number of pyridine rings is 1. The average molecular weight is 204 g/mol. The molecule has 0 saturated carbocycles. The second-order valence-electron chi connectivity index (χ2n) is 3.39. The van der Waals surface area contributed by atoms with Gasteiger partial charge in [0, 0.05) is 24.5 Å². The fraction of sp³-hybridized carbons (Fsp3) is 0.333. The van der Waals surface area contributed by atoms with Crippen molar-refractivity contribution >= 4 is 5.78 Å². The van der Waals surface area contributed by atoms with Crippen LogP contribution in [0.4, 0.5) is 0 Å². The van der Waals surface area contributed by atoms with Crippen molar-refractivity contribution in [3.8, 4) is 0 Å². The molecule has 0 aliphatic rings. The van der Waals surface area contributed by atoms with Crippen molar-refractivity contribution in [2.75, 3.05) is 0 Å². The molecule has 1 unspecified atom stereocenters. The minimum Gasteiger partial charge on any atom is -0.388 e. The van der Waals surface area contributed by atoms with Crippen LogP contribution in [0, 0.1) is 0 Å². The molecule has 0 aliphatic carbocycles. The Kier molecular flexibility index (Phi) is 4.54. The van der Waals surface area contributed by atoms with Gasteiger partial charge >= 0.3 is 0 Å². The third-order valence-corrected chi connectivity index (χ3v) is 2.15. The van der Waals surface area contributed by atoms with Gasteiger partial charge in [-0.25, -0.2) is 0 Å². The highest BCUT2D eigenvalue weighted by molar-refractivity contribution is 6.02. The lowest BCUT2D eigenvalue weighted by molar-refractivity contribution is 0.104. The highest BCUT2D eigenvalue weighted by Gasteiger charge is 2.00. The molecule has 1 atom stereocenters. The number of aromatic nitrogens is 1. The van der Waals surface area contributed by atoms with Gasteiger partial charge in [-0.15, -0.1) is 0 Å². The number of carbonyl (C=O) groups excluding carboxylic acids is 1. The molecule has 0 amide bonds. The smallest absolute Gasteiger partial charge is 0.205 e. The molecule has 80 valence electrons. The molecule has 0 aromatic carbocycles. The fourth-order valence-electron chi connectivity index (χ4n) is 1.000. The molecule has 0 aliphatic heterocycles. The monoisotopic (exact) mass is 204 g/mol. The van der Waals surface area contributed by atoms with Crippen LogP contribution in [-0.2, 0) is 0 Å². The molecule has 1 rings (SSSR count). The first kappa shape index (κ1) is 11.4. The molecule has 0 saturated heterocycles. The van der Waals surface area contributed by atoms with Crippen molar-refractivity contribution in [1.82, 2.24) is 10.3 Å². The summed E-state index contributed by atoms with van der Waals surface area (Å²) in [5.41, 5.74) is 0.472. The zero-order valence-electron chi connectivity index (χ0n) is 9.10. The van der Waals surface area contributed by atoms with Crippen LogP contribution in [0.15, 0.2) is 36.7 Å². The van der Waals surface area contributed by atoms with Crippen LogP contribution in [0.25, 0.3) is 0 Å². The van der Waals surface area contributed by atoms with Gasteiger partial charge in [-0.05, 0) is 25.5 Å². The number of nitrogens with one attached hydrogen (secondary N) is 1. The maximum absolute atomic E-state index is 11.5. The van der Waals surface area contributed by atoms with Crippen LogP contribution in [0.1, 0.15) is 30.8 Å². The molecule has 1 aromatic heterocycles. The van der Waals surface area contributed by atoms with E-state index in [4.69, 9.17) is 0 Å². The summed E-state index contributed by atoms with van der Waals surface area (Å²) in [7, 11) is 0. The lowest BCUT2D eigenvalue weighted by Crippen LogP contribution is -2.19. The molecule has 1 N–H and O–H groups in total. The number of rotatable bonds is 5. The first-order valence-corrected chi connectivity index (χ1v) is 5.12. The third kappa shape index (κ3) is 3.94. The van der Waals surface area contributed by atoms with Crippen LogP contribution >= 0.6 is 0 Å². The van der Waals surface area contributed by atoms with Crippen LogP contribution in [0.2, 0.25) is 0 Å². The zero-order chi connectivity index (χ0) is 11.1. The van der Waals surface area contributed by atoms with E-state index in [2.05, 4.69) is 24.1 Å². The van der Waals surface area contributed by atoms with E-state index in [9.17, 15) is 4.79 Å². The molecule has 0 bridgehead atoms. The predicted molar refractivity (Wildman–Crippen MR) is 60.6 cm³/mol. The summed E-state index contributed by atoms with van der Waals surface area (Å²) >= 11 is 0. The van der Waals surface area contributed by atoms with Crippen molar-refractivity contribution < 1.29 is 4.79 Å². The van der Waals surface area contributed by atoms with Gasteiger partial charge in [0.15, 0.2) is 0 Å². The van der Waals surface area contributed by atoms with E-state index in [0.717, 1.165) is 6.42 Å². The van der Waals surface area contributed by atoms with Gasteiger partial charge < -0.3 is 5.32 Å². The minimum atomic E-state index is -0.0774. The average Bonchev–Trinajstić information content (AvgIpc) is 2.29. The van der Waals surface area contributed by atoms with E-state index >= 15 is 0 Å². The molecule has 0 spiro atoms. The Balaban J connectivity index is 2.49. The molecule has 1 heterocycles. The van der Waals surface area contributed by atoms with E-state index in [1.165, 1.54) is 6.08 Å². The van der Waals surface area contributed by atoms with Crippen LogP contribution in [-0.4, -0.2) is 16.8 Å². The van der Waals surface area contributed by atoms with Crippen LogP contribution < -0.4 is 5.32 Å². The van der Waals surface area contributed by atoms with Crippen molar-refractivity contribution in [1.29, 1.82) is 0 Å². The summed E-state index contributed by atoms with van der Waals surface area (Å²) in [6, 6.07) is 5.68. The molecule has 3 nitrogen and oxygen atoms in total. The largest absolute Gasteiger partial charge is 0.388 e. The first-order chi connectivity index (χ1) is 7.24. The summed E-state index contributed by atoms with van der Waals surface area (Å²) in [4.78, 5) is 15.5. The second-order valence-corrected chi connectivity index (χ2v) is 3.39. The van der Waals surface area contributed by atoms with Gasteiger partial charge in [0.1, 0.15) is 5.69 Å². The van der Waals surface area contributed by atoms with Crippen molar-refractivity contribution in [2.45, 2.75) is 26.3 Å². The van der Waals surface area contributed by atoms with Crippen molar-refractivity contribution in [3.05, 3.63) is 42.4 Å². The molecule has 0 radical (unpaired) electrons. The summed E-state index contributed by atoms with van der Waals surface area (Å²) in [5, 5.41) is 3.10. The summed E-state index contributed by atoms with van der Waals surface area (Å²) in [6.45, 7) is 4.15. The van der Waals surface area contributed by atoms with Gasteiger partial charge in [-0.3, -0.25) is 9.78 Å². The Bertz CT molecular complexity index is 333. The normalized spacial score (nSPS) is 12.7. The number of ketones is 1. The van der Waals surface area contributed by atoms with E-state index in [0.29, 0.717) is 11.7 Å². The van der Waals surface area contributed by atoms with Crippen molar-refractivity contribution in [3.63, 3.8) is 0 Å². The Morgan fingerprint density at radius 1 is 1.60 bits per heavy atom. The Morgan fingerprint density at radius 3 is 3.00 bits per heavy atom. The highest BCUT2D eigenvalue weighted by Crippen LogP contribution is 1.96. The van der Waals surface area contributed by atoms with Gasteiger partial charge in [0.2, 0.25) is 5.78 Å². The first-order valence-electron chi connectivity index (χ1n) is 5.12. The summed E-state index contributed by atoms with van der Waals surface area (Å²) in [6.07, 6.45) is 5.84. The third-order valence-electron chi connectivity index (χ3n) is 2.15. The van der Waals surface area contributed by atoms with Crippen molar-refractivity contribution in [2.24, 2.45) is 0 Å². The quantitative estimate of drug-likeness (QED) is 0.590. The molecule has 1 aromatic rings. The maximum atomic E-state index is 11.5. The topological polar surface area (TPSA) is 42.0 Å². The standard InChI is InChI=1S/C12H16N2O/c1-3-10(2)13-9-7-12(15)11-6-4-5-8-14-11/h4-10,13H,3H2,1-2H3/b9-7-. The van der Waals surface area contributed by atoms with Crippen LogP contribution in [0.5, 0.6) is 0 Å². The molecule has 3 heteroatoms. The molecule has 15 heavy (non-hydrogen) atoms. The Hall–Kier alpha value is -1.64. The number of carbonyl (C=O) groups is 1. The number of hydrogen-bond acceptors (Lipinski definition) is 3. The summed E-state index contributed by atoms with van der Waals surface area (Å²) < 4.78 is 0. The molecular formula is C12H16N2O. The number of hydrogen-bond donors (Lipinski definition) is 1. The Labute approximate surface area is 90.2 Å². The van der Waals surface area contributed by atoms with E-state index in [1.807, 2.05) is 0 Å². The van der Waals surface area contributed by atoms with E-state index < -0.39 is 0 Å². The SMILES string of the molecule is CCC(C)N/C=C\C(=O)c1ccccn1. The van der Waals surface area contributed by atoms with Gasteiger partial charge in [-0.2, -0.15) is 0 Å². The van der Waals surface area contributed by atoms with Gasteiger partial charge in [0.25, 0.3) is 0 Å². The molecule has 0 fully saturated rings. The maximum Gasteiger partial charge on any atom is 0.205 e. The second kappa shape index (κ2) is 5.96. The molecular weight excluding hydrogens is 188 g/mol. The summed E-state index contributed by atoms with van der Waals surface area (Å²) in [5.74, 6) is -0.0774. The Morgan fingerprint density at radius 2 is 2.40 bits per heavy atom. The lowest BCUT2D eigenvalue weighted by atomic mass is 10.2. The zero-order valence-corrected chi connectivity index (χ0v) is 9.10.